The maximum atomic E-state index is 6.58. The van der Waals surface area contributed by atoms with E-state index in [1.165, 1.54) is 0 Å². The fourth-order valence-corrected chi connectivity index (χ4v) is 4.20. The molecule has 5 heteroatoms. The average molecular weight is 442 g/mol. The first kappa shape index (κ1) is 25.0. The minimum atomic E-state index is -1.82. The zero-order valence-corrected chi connectivity index (χ0v) is 21.3. The van der Waals surface area contributed by atoms with Crippen LogP contribution in [0.1, 0.15) is 27.2 Å². The molecule has 0 aliphatic heterocycles. The highest BCUT2D eigenvalue weighted by molar-refractivity contribution is 6.74. The second kappa shape index (κ2) is 10.9. The third-order valence-electron chi connectivity index (χ3n) is 6.20. The van der Waals surface area contributed by atoms with Crippen LogP contribution in [0.3, 0.4) is 0 Å². The summed E-state index contributed by atoms with van der Waals surface area (Å²) in [6, 6.07) is 16.4. The fourth-order valence-electron chi connectivity index (χ4n) is 3.12. The van der Waals surface area contributed by atoms with Crippen molar-refractivity contribution in [1.82, 2.24) is 0 Å². The van der Waals surface area contributed by atoms with Crippen LogP contribution in [0.15, 0.2) is 61.2 Å². The number of ether oxygens (including phenoxy) is 2. The van der Waals surface area contributed by atoms with Gasteiger partial charge in [0.1, 0.15) is 11.5 Å². The van der Waals surface area contributed by atoms with Gasteiger partial charge < -0.3 is 18.8 Å². The molecule has 0 saturated heterocycles. The first-order valence-corrected chi connectivity index (χ1v) is 13.8. The molecule has 2 rings (SSSR count). The molecular weight excluding hydrogens is 402 g/mol. The van der Waals surface area contributed by atoms with E-state index in [0.29, 0.717) is 5.92 Å². The molecule has 0 bridgehead atoms. The summed E-state index contributed by atoms with van der Waals surface area (Å²) >= 11 is 0. The number of methoxy groups -OCH3 is 2. The van der Waals surface area contributed by atoms with Crippen molar-refractivity contribution in [3.63, 3.8) is 0 Å². The molecule has 2 aromatic carbocycles. The lowest BCUT2D eigenvalue weighted by molar-refractivity contribution is 0.232. The van der Waals surface area contributed by atoms with Crippen molar-refractivity contribution in [2.24, 2.45) is 5.92 Å². The van der Waals surface area contributed by atoms with Gasteiger partial charge in [-0.3, -0.25) is 0 Å². The molecule has 0 aliphatic rings. The summed E-state index contributed by atoms with van der Waals surface area (Å²) < 4.78 is 17.3. The fraction of sp³-hybridized carbons (Fsp3) is 0.462. The summed E-state index contributed by atoms with van der Waals surface area (Å²) in [6.45, 7) is 17.0. The number of hydrogen-bond acceptors (Lipinski definition) is 4. The zero-order valence-electron chi connectivity index (χ0n) is 20.3. The lowest BCUT2D eigenvalue weighted by atomic mass is 10.0. The van der Waals surface area contributed by atoms with Gasteiger partial charge in [-0.15, -0.1) is 6.58 Å². The van der Waals surface area contributed by atoms with Crippen molar-refractivity contribution in [1.29, 1.82) is 0 Å². The van der Waals surface area contributed by atoms with Gasteiger partial charge in [-0.25, -0.2) is 0 Å². The number of anilines is 2. The standard InChI is InChI=1S/C26H39NO3Si/c1-9-10-21(20-30-31(7,8)26(2,3)4)19-27(22-11-15-24(28-5)16-12-22)23-13-17-25(29-6)18-14-23/h9,11-18,21H,1,10,19-20H2,2-8H3/t21-/m0/s1. The van der Waals surface area contributed by atoms with Gasteiger partial charge >= 0.3 is 0 Å². The molecule has 0 N–H and O–H groups in total. The van der Waals surface area contributed by atoms with Crippen molar-refractivity contribution >= 4 is 19.7 Å². The zero-order chi connectivity index (χ0) is 23.1. The van der Waals surface area contributed by atoms with E-state index >= 15 is 0 Å². The summed E-state index contributed by atoms with van der Waals surface area (Å²) in [4.78, 5) is 2.34. The van der Waals surface area contributed by atoms with E-state index in [0.717, 1.165) is 42.4 Å². The number of hydrogen-bond donors (Lipinski definition) is 0. The van der Waals surface area contributed by atoms with Gasteiger partial charge in [0, 0.05) is 30.4 Å². The lowest BCUT2D eigenvalue weighted by Gasteiger charge is -2.38. The van der Waals surface area contributed by atoms with E-state index in [1.54, 1.807) is 14.2 Å². The Bertz CT molecular complexity index is 763. The van der Waals surface area contributed by atoms with Crippen LogP contribution < -0.4 is 14.4 Å². The highest BCUT2D eigenvalue weighted by Gasteiger charge is 2.37. The largest absolute Gasteiger partial charge is 0.497 e. The number of allylic oxidation sites excluding steroid dienone is 1. The first-order valence-electron chi connectivity index (χ1n) is 10.9. The molecule has 0 heterocycles. The molecule has 0 unspecified atom stereocenters. The predicted octanol–water partition coefficient (Wildman–Crippen LogP) is 7.06. The molecule has 2 aromatic rings. The molecule has 0 saturated carbocycles. The van der Waals surface area contributed by atoms with Crippen LogP contribution in [0, 0.1) is 5.92 Å². The minimum Gasteiger partial charge on any atom is -0.497 e. The van der Waals surface area contributed by atoms with Crippen LogP contribution in [-0.4, -0.2) is 35.7 Å². The molecule has 0 radical (unpaired) electrons. The number of nitrogens with zero attached hydrogens (tertiary/aromatic N) is 1. The van der Waals surface area contributed by atoms with Crippen molar-refractivity contribution < 1.29 is 13.9 Å². The Kier molecular flexibility index (Phi) is 8.77. The minimum absolute atomic E-state index is 0.192. The molecule has 0 aliphatic carbocycles. The Balaban J connectivity index is 2.30. The molecule has 0 fully saturated rings. The van der Waals surface area contributed by atoms with Gasteiger partial charge in [0.2, 0.25) is 0 Å². The SMILES string of the molecule is C=CC[C@H](CO[Si](C)(C)C(C)(C)C)CN(c1ccc(OC)cc1)c1ccc(OC)cc1. The van der Waals surface area contributed by atoms with Crippen molar-refractivity contribution in [3.05, 3.63) is 61.2 Å². The van der Waals surface area contributed by atoms with Crippen molar-refractivity contribution in [2.45, 2.75) is 45.3 Å². The van der Waals surface area contributed by atoms with E-state index in [4.69, 9.17) is 13.9 Å². The van der Waals surface area contributed by atoms with Gasteiger partial charge in [-0.1, -0.05) is 26.8 Å². The van der Waals surface area contributed by atoms with Gasteiger partial charge in [0.25, 0.3) is 0 Å². The second-order valence-corrected chi connectivity index (χ2v) is 14.3. The number of benzene rings is 2. The molecule has 4 nitrogen and oxygen atoms in total. The van der Waals surface area contributed by atoms with Gasteiger partial charge in [-0.2, -0.15) is 0 Å². The monoisotopic (exact) mass is 441 g/mol. The van der Waals surface area contributed by atoms with Crippen molar-refractivity contribution in [3.8, 4) is 11.5 Å². The quantitative estimate of drug-likeness (QED) is 0.276. The van der Waals surface area contributed by atoms with Gasteiger partial charge in [0.05, 0.1) is 14.2 Å². The van der Waals surface area contributed by atoms with Crippen LogP contribution in [-0.2, 0) is 4.43 Å². The van der Waals surface area contributed by atoms with Gasteiger partial charge in [0.15, 0.2) is 8.32 Å². The Morgan fingerprint density at radius 3 is 1.71 bits per heavy atom. The van der Waals surface area contributed by atoms with Crippen molar-refractivity contribution in [2.75, 3.05) is 32.3 Å². The Hall–Kier alpha value is -2.24. The highest BCUT2D eigenvalue weighted by Crippen LogP contribution is 2.37. The maximum Gasteiger partial charge on any atom is 0.191 e. The molecular formula is C26H39NO3Si. The Morgan fingerprint density at radius 1 is 0.903 bits per heavy atom. The highest BCUT2D eigenvalue weighted by atomic mass is 28.4. The van der Waals surface area contributed by atoms with Crippen LogP contribution >= 0.6 is 0 Å². The first-order chi connectivity index (χ1) is 14.6. The maximum absolute atomic E-state index is 6.58. The van der Waals surface area contributed by atoms with E-state index in [1.807, 2.05) is 30.3 Å². The molecule has 31 heavy (non-hydrogen) atoms. The van der Waals surface area contributed by atoms with E-state index in [2.05, 4.69) is 69.6 Å². The smallest absolute Gasteiger partial charge is 0.191 e. The molecule has 1 atom stereocenters. The van der Waals surface area contributed by atoms with Gasteiger partial charge in [-0.05, 0) is 73.1 Å². The second-order valence-electron chi connectivity index (χ2n) is 9.47. The Morgan fingerprint density at radius 2 is 1.35 bits per heavy atom. The van der Waals surface area contributed by atoms with E-state index < -0.39 is 8.32 Å². The summed E-state index contributed by atoms with van der Waals surface area (Å²) in [7, 11) is 1.56. The molecule has 0 amide bonds. The lowest BCUT2D eigenvalue weighted by Crippen LogP contribution is -2.42. The summed E-state index contributed by atoms with van der Waals surface area (Å²) in [5, 5.41) is 0.192. The summed E-state index contributed by atoms with van der Waals surface area (Å²) in [5.74, 6) is 2.03. The van der Waals surface area contributed by atoms with Crippen LogP contribution in [0.2, 0.25) is 18.1 Å². The third-order valence-corrected chi connectivity index (χ3v) is 10.7. The summed E-state index contributed by atoms with van der Waals surface area (Å²) in [6.07, 6.45) is 2.90. The van der Waals surface area contributed by atoms with E-state index in [9.17, 15) is 0 Å². The van der Waals surface area contributed by atoms with Crippen LogP contribution in [0.4, 0.5) is 11.4 Å². The topological polar surface area (TPSA) is 30.9 Å². The predicted molar refractivity (Wildman–Crippen MR) is 134 cm³/mol. The van der Waals surface area contributed by atoms with E-state index in [-0.39, 0.29) is 5.04 Å². The number of rotatable bonds is 11. The molecule has 170 valence electrons. The van der Waals surface area contributed by atoms with Crippen LogP contribution in [0.5, 0.6) is 11.5 Å². The molecule has 0 spiro atoms. The molecule has 0 aromatic heterocycles. The average Bonchev–Trinajstić information content (AvgIpc) is 2.75. The summed E-state index contributed by atoms with van der Waals surface area (Å²) in [5.41, 5.74) is 2.24. The van der Waals surface area contributed by atoms with Crippen LogP contribution in [0.25, 0.3) is 0 Å². The normalized spacial score (nSPS) is 12.9. The Labute approximate surface area is 190 Å². The third kappa shape index (κ3) is 6.87.